The molecule has 0 aliphatic rings. The van der Waals surface area contributed by atoms with Crippen LogP contribution in [0.2, 0.25) is 0 Å². The molecule has 7 heteroatoms. The maximum absolute atomic E-state index is 13.0. The van der Waals surface area contributed by atoms with Gasteiger partial charge in [-0.3, -0.25) is 0 Å². The predicted octanol–water partition coefficient (Wildman–Crippen LogP) is 3.23. The van der Waals surface area contributed by atoms with Crippen molar-refractivity contribution in [2.45, 2.75) is 18.7 Å². The lowest BCUT2D eigenvalue weighted by molar-refractivity contribution is 0.0512. The minimum Gasteiger partial charge on any atom is -0.462 e. The molecule has 1 aromatic heterocycles. The van der Waals surface area contributed by atoms with E-state index >= 15 is 0 Å². The van der Waals surface area contributed by atoms with Crippen molar-refractivity contribution >= 4 is 21.9 Å². The van der Waals surface area contributed by atoms with Crippen LogP contribution in [0.3, 0.4) is 0 Å². The summed E-state index contributed by atoms with van der Waals surface area (Å²) in [5.74, 6) is -1.98. The second kappa shape index (κ2) is 6.00. The third kappa shape index (κ3) is 3.18. The quantitative estimate of drug-likeness (QED) is 0.487. The summed E-state index contributed by atoms with van der Waals surface area (Å²) in [5.41, 5.74) is -1.18. The first kappa shape index (κ1) is 14.0. The van der Waals surface area contributed by atoms with Gasteiger partial charge in [-0.1, -0.05) is 15.9 Å². The fraction of sp³-hybridized carbons (Fsp3) is 0.400. The Balaban J connectivity index is 3.36. The molecule has 0 aromatic carbocycles. The third-order valence-corrected chi connectivity index (χ3v) is 2.53. The maximum Gasteiger partial charge on any atom is 0.340 e. The number of halogens is 4. The largest absolute Gasteiger partial charge is 0.462 e. The summed E-state index contributed by atoms with van der Waals surface area (Å²) in [7, 11) is 0. The second-order valence-electron chi connectivity index (χ2n) is 3.02. The zero-order valence-electron chi connectivity index (χ0n) is 8.84. The van der Waals surface area contributed by atoms with Gasteiger partial charge in [0.25, 0.3) is 6.43 Å². The van der Waals surface area contributed by atoms with Crippen LogP contribution in [0, 0.1) is 5.95 Å². The highest BCUT2D eigenvalue weighted by Gasteiger charge is 2.25. The first-order valence-electron chi connectivity index (χ1n) is 4.71. The van der Waals surface area contributed by atoms with E-state index in [1.54, 1.807) is 6.92 Å². The van der Waals surface area contributed by atoms with Gasteiger partial charge < -0.3 is 4.74 Å². The highest BCUT2D eigenvalue weighted by atomic mass is 79.9. The Kier molecular flexibility index (Phi) is 4.92. The molecule has 0 unspecified atom stereocenters. The van der Waals surface area contributed by atoms with Gasteiger partial charge in [0.05, 0.1) is 12.2 Å². The lowest BCUT2D eigenvalue weighted by Crippen LogP contribution is -2.14. The average molecular weight is 312 g/mol. The van der Waals surface area contributed by atoms with Crippen LogP contribution in [-0.4, -0.2) is 17.6 Å². The molecule has 3 nitrogen and oxygen atoms in total. The minimum atomic E-state index is -3.04. The lowest BCUT2D eigenvalue weighted by atomic mass is 10.1. The summed E-state index contributed by atoms with van der Waals surface area (Å²) in [6.07, 6.45) is -3.04. The molecule has 0 radical (unpaired) electrons. The molecule has 1 rings (SSSR count). The van der Waals surface area contributed by atoms with Crippen molar-refractivity contribution in [2.24, 2.45) is 0 Å². The molecule has 17 heavy (non-hydrogen) atoms. The van der Waals surface area contributed by atoms with Gasteiger partial charge >= 0.3 is 5.97 Å². The number of pyridine rings is 1. The van der Waals surface area contributed by atoms with Gasteiger partial charge in [0.15, 0.2) is 0 Å². The van der Waals surface area contributed by atoms with E-state index < -0.39 is 24.0 Å². The molecular formula is C10H9BrF3NO2. The number of rotatable bonds is 4. The second-order valence-corrected chi connectivity index (χ2v) is 3.58. The summed E-state index contributed by atoms with van der Waals surface area (Å²) in [5, 5.41) is 0.0559. The molecule has 0 N–H and O–H groups in total. The van der Waals surface area contributed by atoms with Crippen molar-refractivity contribution in [3.05, 3.63) is 28.8 Å². The number of carbonyl (C=O) groups excluding carboxylic acids is 1. The van der Waals surface area contributed by atoms with E-state index in [-0.39, 0.29) is 23.1 Å². The van der Waals surface area contributed by atoms with Crippen molar-refractivity contribution < 1.29 is 22.7 Å². The molecule has 0 saturated carbocycles. The number of carbonyl (C=O) groups is 1. The predicted molar refractivity (Wildman–Crippen MR) is 57.7 cm³/mol. The molecule has 1 aromatic rings. The Morgan fingerprint density at radius 2 is 2.24 bits per heavy atom. The van der Waals surface area contributed by atoms with Crippen molar-refractivity contribution in [3.8, 4) is 0 Å². The maximum atomic E-state index is 13.0. The summed E-state index contributed by atoms with van der Waals surface area (Å²) < 4.78 is 43.0. The molecule has 0 bridgehead atoms. The third-order valence-electron chi connectivity index (χ3n) is 1.93. The summed E-state index contributed by atoms with van der Waals surface area (Å²) in [6.45, 7) is 1.59. The number of hydrogen-bond donors (Lipinski definition) is 0. The van der Waals surface area contributed by atoms with Crippen LogP contribution in [0.25, 0.3) is 0 Å². The van der Waals surface area contributed by atoms with Crippen LogP contribution >= 0.6 is 15.9 Å². The Bertz CT molecular complexity index is 426. The van der Waals surface area contributed by atoms with Crippen molar-refractivity contribution in [3.63, 3.8) is 0 Å². The van der Waals surface area contributed by atoms with E-state index in [0.29, 0.717) is 0 Å². The molecule has 0 aliphatic heterocycles. The van der Waals surface area contributed by atoms with Gasteiger partial charge in [-0.2, -0.15) is 4.39 Å². The van der Waals surface area contributed by atoms with Gasteiger partial charge in [-0.25, -0.2) is 18.6 Å². The van der Waals surface area contributed by atoms with Crippen LogP contribution in [0.1, 0.15) is 35.0 Å². The van der Waals surface area contributed by atoms with E-state index in [1.165, 1.54) is 0 Å². The van der Waals surface area contributed by atoms with Gasteiger partial charge in [-0.05, 0) is 18.6 Å². The van der Waals surface area contributed by atoms with Crippen molar-refractivity contribution in [2.75, 3.05) is 6.61 Å². The first-order valence-corrected chi connectivity index (χ1v) is 5.83. The number of esters is 1. The van der Waals surface area contributed by atoms with E-state index in [0.717, 1.165) is 6.07 Å². The SMILES string of the molecule is CCOC(=O)c1c(CBr)cc(F)nc1C(F)F. The van der Waals surface area contributed by atoms with Crippen LogP contribution < -0.4 is 0 Å². The van der Waals surface area contributed by atoms with Gasteiger partial charge in [0.2, 0.25) is 5.95 Å². The van der Waals surface area contributed by atoms with Crippen LogP contribution in [0.4, 0.5) is 13.2 Å². The highest BCUT2D eigenvalue weighted by Crippen LogP contribution is 2.26. The number of aromatic nitrogens is 1. The molecule has 1 heterocycles. The summed E-state index contributed by atoms with van der Waals surface area (Å²) in [6, 6.07) is 0.923. The number of alkyl halides is 3. The Morgan fingerprint density at radius 3 is 2.71 bits per heavy atom. The van der Waals surface area contributed by atoms with Gasteiger partial charge in [0.1, 0.15) is 5.69 Å². The van der Waals surface area contributed by atoms with E-state index in [9.17, 15) is 18.0 Å². The lowest BCUT2D eigenvalue weighted by Gasteiger charge is -2.11. The molecule has 0 fully saturated rings. The van der Waals surface area contributed by atoms with E-state index in [2.05, 4.69) is 25.7 Å². The van der Waals surface area contributed by atoms with Crippen molar-refractivity contribution in [1.29, 1.82) is 0 Å². The van der Waals surface area contributed by atoms with Crippen LogP contribution in [0.15, 0.2) is 6.07 Å². The fourth-order valence-corrected chi connectivity index (χ4v) is 1.73. The highest BCUT2D eigenvalue weighted by molar-refractivity contribution is 9.08. The van der Waals surface area contributed by atoms with E-state index in [1.807, 2.05) is 0 Å². The summed E-state index contributed by atoms with van der Waals surface area (Å²) >= 11 is 3.00. The zero-order chi connectivity index (χ0) is 13.0. The monoisotopic (exact) mass is 311 g/mol. The molecule has 0 amide bonds. The Hall–Kier alpha value is -1.11. The average Bonchev–Trinajstić information content (AvgIpc) is 2.27. The molecule has 94 valence electrons. The molecule has 0 atom stereocenters. The first-order chi connectivity index (χ1) is 8.01. The zero-order valence-corrected chi connectivity index (χ0v) is 10.4. The Morgan fingerprint density at radius 1 is 1.59 bits per heavy atom. The van der Waals surface area contributed by atoms with Crippen LogP contribution in [-0.2, 0) is 10.1 Å². The molecule has 0 saturated heterocycles. The Labute approximate surface area is 104 Å². The van der Waals surface area contributed by atoms with Crippen molar-refractivity contribution in [1.82, 2.24) is 4.98 Å². The topological polar surface area (TPSA) is 39.2 Å². The van der Waals surface area contributed by atoms with Crippen LogP contribution in [0.5, 0.6) is 0 Å². The van der Waals surface area contributed by atoms with Gasteiger partial charge in [-0.15, -0.1) is 0 Å². The smallest absolute Gasteiger partial charge is 0.340 e. The standard InChI is InChI=1S/C10H9BrF3NO2/c1-2-17-10(16)7-5(4-11)3-6(12)15-8(7)9(13)14/h3,9H,2,4H2,1H3. The normalized spacial score (nSPS) is 10.7. The molecular weight excluding hydrogens is 303 g/mol. The number of nitrogens with zero attached hydrogens (tertiary/aromatic N) is 1. The minimum absolute atomic E-state index is 0.0423. The molecule has 0 spiro atoms. The molecule has 0 aliphatic carbocycles. The fourth-order valence-electron chi connectivity index (χ4n) is 1.29. The number of ether oxygens (including phenoxy) is 1. The van der Waals surface area contributed by atoms with Gasteiger partial charge in [0, 0.05) is 5.33 Å². The van der Waals surface area contributed by atoms with E-state index in [4.69, 9.17) is 0 Å². The number of hydrogen-bond acceptors (Lipinski definition) is 3. The summed E-state index contributed by atoms with van der Waals surface area (Å²) in [4.78, 5) is 14.6.